The van der Waals surface area contributed by atoms with Crippen molar-refractivity contribution < 1.29 is 0 Å². The van der Waals surface area contributed by atoms with Gasteiger partial charge >= 0.3 is 0 Å². The maximum atomic E-state index is 8.17. The number of hydrogen-bond acceptors (Lipinski definition) is 3. The second-order valence-corrected chi connectivity index (χ2v) is 4.93. The molecule has 0 fully saturated rings. The molecule has 0 unspecified atom stereocenters. The summed E-state index contributed by atoms with van der Waals surface area (Å²) in [5.41, 5.74) is 2.99. The van der Waals surface area contributed by atoms with Crippen molar-refractivity contribution in [2.24, 2.45) is 0 Å². The van der Waals surface area contributed by atoms with Gasteiger partial charge in [0.15, 0.2) is 0 Å². The van der Waals surface area contributed by atoms with Crippen molar-refractivity contribution in [1.29, 1.82) is 10.8 Å². The van der Waals surface area contributed by atoms with Crippen molar-refractivity contribution in [3.8, 4) is 0 Å². The van der Waals surface area contributed by atoms with Crippen molar-refractivity contribution in [3.63, 3.8) is 0 Å². The lowest BCUT2D eigenvalue weighted by atomic mass is 10.1. The first-order chi connectivity index (χ1) is 9.06. The van der Waals surface area contributed by atoms with Gasteiger partial charge in [0.05, 0.1) is 28.0 Å². The molecule has 2 rings (SSSR count). The predicted molar refractivity (Wildman–Crippen MR) is 79.5 cm³/mol. The third kappa shape index (κ3) is 2.80. The van der Waals surface area contributed by atoms with Gasteiger partial charge in [-0.05, 0) is 18.6 Å². The zero-order valence-electron chi connectivity index (χ0n) is 10.5. The van der Waals surface area contributed by atoms with Gasteiger partial charge in [0, 0.05) is 18.3 Å². The Morgan fingerprint density at radius 2 is 2.11 bits per heavy atom. The molecule has 6 heteroatoms. The Kier molecular flexibility index (Phi) is 4.22. The third-order valence-electron chi connectivity index (χ3n) is 2.83. The fourth-order valence-electron chi connectivity index (χ4n) is 1.98. The Balaban J connectivity index is 2.53. The monoisotopic (exact) mass is 296 g/mol. The van der Waals surface area contributed by atoms with Crippen molar-refractivity contribution in [3.05, 3.63) is 34.7 Å². The van der Waals surface area contributed by atoms with E-state index in [9.17, 15) is 0 Å². The maximum Gasteiger partial charge on any atom is 0.137 e. The number of imidazole rings is 1. The molecule has 0 amide bonds. The first-order valence-corrected chi connectivity index (χ1v) is 6.84. The standard InChI is InChI=1S/C13H14Cl2N4/c1-2-11-13(10(17)5-9(16)6-14)19-7-8(15)3-4-12(19)18-11/h3-4,7,16-17H,2,5-6H2,1H3. The Bertz CT molecular complexity index is 645. The number of nitrogens with zero attached hydrogens (tertiary/aromatic N) is 2. The molecule has 2 heterocycles. The Morgan fingerprint density at radius 3 is 2.74 bits per heavy atom. The van der Waals surface area contributed by atoms with E-state index in [1.807, 2.05) is 17.4 Å². The summed E-state index contributed by atoms with van der Waals surface area (Å²) in [6.45, 7) is 1.99. The van der Waals surface area contributed by atoms with E-state index >= 15 is 0 Å². The second kappa shape index (κ2) is 5.72. The molecule has 0 bridgehead atoms. The van der Waals surface area contributed by atoms with E-state index in [1.165, 1.54) is 0 Å². The molecule has 100 valence electrons. The molecule has 2 N–H and O–H groups in total. The van der Waals surface area contributed by atoms with Gasteiger partial charge < -0.3 is 10.8 Å². The molecule has 0 atom stereocenters. The van der Waals surface area contributed by atoms with Crippen LogP contribution in [0.4, 0.5) is 0 Å². The van der Waals surface area contributed by atoms with Gasteiger partial charge in [-0.2, -0.15) is 0 Å². The lowest BCUT2D eigenvalue weighted by Crippen LogP contribution is -2.12. The third-order valence-corrected chi connectivity index (χ3v) is 3.37. The smallest absolute Gasteiger partial charge is 0.137 e. The summed E-state index contributed by atoms with van der Waals surface area (Å²) < 4.78 is 1.81. The summed E-state index contributed by atoms with van der Waals surface area (Å²) >= 11 is 11.6. The lowest BCUT2D eigenvalue weighted by Gasteiger charge is -2.06. The highest BCUT2D eigenvalue weighted by Crippen LogP contribution is 2.18. The van der Waals surface area contributed by atoms with Crippen molar-refractivity contribution in [1.82, 2.24) is 9.38 Å². The number of nitrogens with one attached hydrogen (secondary N) is 2. The Hall–Kier alpha value is -1.39. The van der Waals surface area contributed by atoms with Crippen molar-refractivity contribution >= 4 is 40.3 Å². The van der Waals surface area contributed by atoms with Crippen LogP contribution in [0.3, 0.4) is 0 Å². The second-order valence-electron chi connectivity index (χ2n) is 4.23. The molecule has 0 saturated carbocycles. The number of hydrogen-bond donors (Lipinski definition) is 2. The van der Waals surface area contributed by atoms with Crippen molar-refractivity contribution in [2.45, 2.75) is 19.8 Å². The summed E-state index contributed by atoms with van der Waals surface area (Å²) in [5, 5.41) is 16.4. The van der Waals surface area contributed by atoms with Crippen LogP contribution in [0.1, 0.15) is 24.7 Å². The van der Waals surface area contributed by atoms with Crippen LogP contribution in [0, 0.1) is 10.8 Å². The van der Waals surface area contributed by atoms with E-state index in [-0.39, 0.29) is 12.3 Å². The number of fused-ring (bicyclic) bond motifs is 1. The highest BCUT2D eigenvalue weighted by molar-refractivity contribution is 6.31. The van der Waals surface area contributed by atoms with E-state index in [0.717, 1.165) is 23.5 Å². The van der Waals surface area contributed by atoms with E-state index in [4.69, 9.17) is 34.0 Å². The van der Waals surface area contributed by atoms with Gasteiger partial charge in [-0.15, -0.1) is 11.6 Å². The zero-order valence-corrected chi connectivity index (χ0v) is 12.0. The van der Waals surface area contributed by atoms with Gasteiger partial charge in [-0.3, -0.25) is 4.40 Å². The fourth-order valence-corrected chi connectivity index (χ4v) is 2.23. The highest BCUT2D eigenvalue weighted by Gasteiger charge is 2.16. The van der Waals surface area contributed by atoms with Crippen LogP contribution in [0.15, 0.2) is 18.3 Å². The molecule has 0 aliphatic carbocycles. The number of aryl methyl sites for hydroxylation is 1. The molecule has 19 heavy (non-hydrogen) atoms. The molecule has 2 aromatic heterocycles. The fraction of sp³-hybridized carbons (Fsp3) is 0.308. The molecule has 0 aromatic carbocycles. The van der Waals surface area contributed by atoms with E-state index in [2.05, 4.69) is 4.98 Å². The van der Waals surface area contributed by atoms with E-state index < -0.39 is 0 Å². The van der Waals surface area contributed by atoms with E-state index in [1.54, 1.807) is 12.3 Å². The summed E-state index contributed by atoms with van der Waals surface area (Å²) in [4.78, 5) is 4.49. The lowest BCUT2D eigenvalue weighted by molar-refractivity contribution is 1.05. The minimum atomic E-state index is 0.140. The number of aromatic nitrogens is 2. The van der Waals surface area contributed by atoms with Gasteiger partial charge in [0.25, 0.3) is 0 Å². The quantitative estimate of drug-likeness (QED) is 0.643. The Morgan fingerprint density at radius 1 is 1.37 bits per heavy atom. The van der Waals surface area contributed by atoms with E-state index in [0.29, 0.717) is 16.4 Å². The summed E-state index contributed by atoms with van der Waals surface area (Å²) in [6.07, 6.45) is 2.71. The van der Waals surface area contributed by atoms with Crippen LogP contribution >= 0.6 is 23.2 Å². The molecule has 0 radical (unpaired) electrons. The van der Waals surface area contributed by atoms with Crippen molar-refractivity contribution in [2.75, 3.05) is 5.88 Å². The number of alkyl halides is 1. The minimum absolute atomic E-state index is 0.140. The van der Waals surface area contributed by atoms with Crippen LogP contribution in [0.5, 0.6) is 0 Å². The van der Waals surface area contributed by atoms with Gasteiger partial charge in [0.2, 0.25) is 0 Å². The summed E-state index contributed by atoms with van der Waals surface area (Å²) in [7, 11) is 0. The number of pyridine rings is 1. The van der Waals surface area contributed by atoms with Crippen LogP contribution in [-0.2, 0) is 6.42 Å². The molecule has 0 aliphatic rings. The Labute approximate surface area is 121 Å². The van der Waals surface area contributed by atoms with Crippen LogP contribution in [-0.4, -0.2) is 26.7 Å². The van der Waals surface area contributed by atoms with Gasteiger partial charge in [-0.1, -0.05) is 18.5 Å². The summed E-state index contributed by atoms with van der Waals surface area (Å²) in [6, 6.07) is 3.60. The average molecular weight is 297 g/mol. The molecular weight excluding hydrogens is 283 g/mol. The molecule has 0 spiro atoms. The molecule has 0 aliphatic heterocycles. The molecule has 2 aromatic rings. The molecule has 0 saturated heterocycles. The van der Waals surface area contributed by atoms with Crippen LogP contribution < -0.4 is 0 Å². The average Bonchev–Trinajstić information content (AvgIpc) is 2.76. The normalized spacial score (nSPS) is 10.9. The molecular formula is C13H14Cl2N4. The zero-order chi connectivity index (χ0) is 14.0. The summed E-state index contributed by atoms with van der Waals surface area (Å²) in [5.74, 6) is 0.140. The van der Waals surface area contributed by atoms with Crippen LogP contribution in [0.25, 0.3) is 5.65 Å². The molecule has 4 nitrogen and oxygen atoms in total. The largest absolute Gasteiger partial charge is 0.308 e. The number of halogens is 2. The number of rotatable bonds is 5. The van der Waals surface area contributed by atoms with Crippen LogP contribution in [0.2, 0.25) is 5.02 Å². The highest BCUT2D eigenvalue weighted by atomic mass is 35.5. The van der Waals surface area contributed by atoms with Gasteiger partial charge in [-0.25, -0.2) is 4.98 Å². The first-order valence-electron chi connectivity index (χ1n) is 5.93. The minimum Gasteiger partial charge on any atom is -0.308 e. The maximum absolute atomic E-state index is 8.17. The first kappa shape index (κ1) is 14.0. The SMILES string of the molecule is CCc1nc2ccc(Cl)cn2c1C(=N)CC(=N)CCl. The van der Waals surface area contributed by atoms with Gasteiger partial charge in [0.1, 0.15) is 5.65 Å². The predicted octanol–water partition coefficient (Wildman–Crippen LogP) is 3.57. The topological polar surface area (TPSA) is 65.0 Å².